The lowest BCUT2D eigenvalue weighted by Crippen LogP contribution is -2.55. The van der Waals surface area contributed by atoms with Gasteiger partial charge in [0.25, 0.3) is 0 Å². The zero-order valence-corrected chi connectivity index (χ0v) is 54.1. The molecule has 27 heteroatoms. The largest absolute Gasteiger partial charge is 0.344 e. The van der Waals surface area contributed by atoms with Gasteiger partial charge in [-0.25, -0.2) is 52.3 Å². The van der Waals surface area contributed by atoms with Crippen LogP contribution in [0.25, 0.3) is 0 Å². The third kappa shape index (κ3) is 16.5. The van der Waals surface area contributed by atoms with E-state index in [0.717, 1.165) is 111 Å². The van der Waals surface area contributed by atoms with Crippen LogP contribution in [0, 0.1) is 87.8 Å². The topological polar surface area (TPSA) is 226 Å². The number of nitrogens with one attached hydrogen (secondary N) is 1. The second-order valence-corrected chi connectivity index (χ2v) is 29.6. The highest BCUT2D eigenvalue weighted by molar-refractivity contribution is 7.89. The third-order valence-electron chi connectivity index (χ3n) is 20.8. The van der Waals surface area contributed by atoms with E-state index in [1.54, 1.807) is 18.9 Å². The Morgan fingerprint density at radius 1 is 0.474 bits per heavy atom. The van der Waals surface area contributed by atoms with Gasteiger partial charge in [0, 0.05) is 98.5 Å². The van der Waals surface area contributed by atoms with Crippen molar-refractivity contribution in [2.24, 2.45) is 46.8 Å². The van der Waals surface area contributed by atoms with Crippen LogP contribution in [0.3, 0.4) is 0 Å². The monoisotopic (exact) mass is 1360 g/mol. The van der Waals surface area contributed by atoms with Gasteiger partial charge in [0.05, 0.1) is 18.0 Å². The number of rotatable bonds is 19. The summed E-state index contributed by atoms with van der Waals surface area (Å²) in [6.45, 7) is 1.47. The molecule has 0 spiro atoms. The molecule has 518 valence electrons. The van der Waals surface area contributed by atoms with E-state index in [-0.39, 0.29) is 149 Å². The Kier molecular flexibility index (Phi) is 22.1. The Hall–Kier alpha value is -6.68. The van der Waals surface area contributed by atoms with Crippen molar-refractivity contribution in [1.82, 2.24) is 29.2 Å². The van der Waals surface area contributed by atoms with Crippen LogP contribution in [0.5, 0.6) is 0 Å². The number of sulfonamides is 1. The summed E-state index contributed by atoms with van der Waals surface area (Å²) in [7, 11) is -0.984. The summed E-state index contributed by atoms with van der Waals surface area (Å²) in [6.07, 6.45) is 12.8. The van der Waals surface area contributed by atoms with Crippen molar-refractivity contribution in [2.75, 3.05) is 27.2 Å². The Morgan fingerprint density at radius 2 is 0.800 bits per heavy atom. The summed E-state index contributed by atoms with van der Waals surface area (Å²) in [5, 5.41) is 2.83. The molecule has 5 amide bonds. The Bertz CT molecular complexity index is 3590. The molecule has 8 fully saturated rings. The second-order valence-electron chi connectivity index (χ2n) is 27.6. The van der Waals surface area contributed by atoms with Gasteiger partial charge in [-0.1, -0.05) is 0 Å². The number of likely N-dealkylation sites (N-methyl/N-ethyl adjacent to an activating group) is 2. The minimum absolute atomic E-state index is 0.00915. The molecule has 6 heterocycles. The van der Waals surface area contributed by atoms with Gasteiger partial charge in [0.1, 0.15) is 29.3 Å². The maximum absolute atomic E-state index is 14.1. The van der Waals surface area contributed by atoms with Crippen molar-refractivity contribution in [3.8, 4) is 0 Å². The van der Waals surface area contributed by atoms with Crippen molar-refractivity contribution in [1.29, 1.82) is 0 Å². The molecule has 4 aromatic rings. The van der Waals surface area contributed by atoms with E-state index in [1.165, 1.54) is 11.9 Å². The van der Waals surface area contributed by atoms with E-state index < -0.39 is 92.4 Å². The molecule has 6 bridgehead atoms. The first-order valence-corrected chi connectivity index (χ1v) is 34.3. The van der Waals surface area contributed by atoms with Crippen LogP contribution in [0.15, 0.2) is 65.6 Å². The van der Waals surface area contributed by atoms with Crippen molar-refractivity contribution in [3.05, 3.63) is 136 Å². The number of halogens is 10. The molecule has 7 N–H and O–H groups in total. The third-order valence-corrected chi connectivity index (χ3v) is 22.6. The first-order valence-electron chi connectivity index (χ1n) is 32.8. The SMILES string of the molecule is CN(CC(=O)N1[C@@H]2CC[C@H]1CC([C@H](N)Cc1cc(F)c(F)cc1F)C2)C(=O)C1CC1.CN(CC(=O)N1[C@@H]2CC[C@H]1CC([C@H](N)Cc1cc(F)c(F)cc1F)C2)S(=O)(=O)c1ccc(F)cc1.C[C@H](NC(=O)C1CC1)C(=O)N1[C@@H]2CC[C@H]1CC([C@H](N)Cc1cc(F)c(F)cc1F)C2. The normalized spacial score (nSPS) is 25.6. The minimum Gasteiger partial charge on any atom is -0.344 e. The number of hydrogen-bond donors (Lipinski definition) is 4. The lowest BCUT2D eigenvalue weighted by molar-refractivity contribution is -0.143. The molecule has 13 atom stereocenters. The first-order chi connectivity index (χ1) is 44.9. The van der Waals surface area contributed by atoms with Crippen molar-refractivity contribution in [3.63, 3.8) is 0 Å². The molecule has 4 aromatic carbocycles. The molecule has 6 saturated heterocycles. The molecule has 12 rings (SSSR count). The van der Waals surface area contributed by atoms with Gasteiger partial charge < -0.3 is 42.1 Å². The summed E-state index contributed by atoms with van der Waals surface area (Å²) in [5.41, 5.74) is 19.1. The summed E-state index contributed by atoms with van der Waals surface area (Å²) in [4.78, 5) is 70.0. The average molecular weight is 1360 g/mol. The van der Waals surface area contributed by atoms with E-state index in [1.807, 2.05) is 9.80 Å². The van der Waals surface area contributed by atoms with Crippen LogP contribution in [0.2, 0.25) is 0 Å². The van der Waals surface area contributed by atoms with E-state index in [2.05, 4.69) is 5.32 Å². The lowest BCUT2D eigenvalue weighted by atomic mass is 9.82. The number of nitrogens with zero attached hydrogens (tertiary/aromatic N) is 5. The fourth-order valence-electron chi connectivity index (χ4n) is 15.4. The minimum atomic E-state index is -3.97. The number of amides is 5. The predicted octanol–water partition coefficient (Wildman–Crippen LogP) is 8.47. The number of hydrogen-bond acceptors (Lipinski definition) is 10. The molecule has 16 nitrogen and oxygen atoms in total. The molecule has 8 aliphatic rings. The number of piperidine rings is 3. The van der Waals surface area contributed by atoms with Gasteiger partial charge in [0.15, 0.2) is 34.9 Å². The number of benzene rings is 4. The Morgan fingerprint density at radius 3 is 1.15 bits per heavy atom. The first kappa shape index (κ1) is 71.1. The molecular formula is C68H83F10N9O7S. The summed E-state index contributed by atoms with van der Waals surface area (Å²) < 4.78 is 162. The summed E-state index contributed by atoms with van der Waals surface area (Å²) in [6, 6.07) is 6.69. The smallest absolute Gasteiger partial charge is 0.245 e. The summed E-state index contributed by atoms with van der Waals surface area (Å²) in [5.74, 6) is -10.2. The van der Waals surface area contributed by atoms with Crippen molar-refractivity contribution >= 4 is 39.6 Å². The van der Waals surface area contributed by atoms with Crippen molar-refractivity contribution in [2.45, 2.75) is 194 Å². The van der Waals surface area contributed by atoms with Gasteiger partial charge in [0.2, 0.25) is 39.6 Å². The number of carbonyl (C=O) groups is 5. The highest BCUT2D eigenvalue weighted by Crippen LogP contribution is 2.44. The highest BCUT2D eigenvalue weighted by Gasteiger charge is 2.49. The lowest BCUT2D eigenvalue weighted by Gasteiger charge is -2.42. The number of fused-ring (bicyclic) bond motifs is 6. The molecule has 6 aliphatic heterocycles. The average Bonchev–Trinajstić information content (AvgIpc) is 1.67. The Labute approximate surface area is 546 Å². The fourth-order valence-corrected chi connectivity index (χ4v) is 16.5. The van der Waals surface area contributed by atoms with Gasteiger partial charge in [-0.05, 0) is 206 Å². The molecule has 0 radical (unpaired) electrons. The quantitative estimate of drug-likeness (QED) is 0.0517. The summed E-state index contributed by atoms with van der Waals surface area (Å²) >= 11 is 0. The molecule has 2 aliphatic carbocycles. The van der Waals surface area contributed by atoms with Gasteiger partial charge >= 0.3 is 0 Å². The fraction of sp³-hybridized carbons (Fsp3) is 0.574. The molecular weight excluding hydrogens is 1280 g/mol. The number of nitrogens with two attached hydrogens (primary N) is 3. The maximum atomic E-state index is 14.1. The molecule has 0 aromatic heterocycles. The van der Waals surface area contributed by atoms with Gasteiger partial charge in [-0.15, -0.1) is 0 Å². The maximum Gasteiger partial charge on any atom is 0.245 e. The van der Waals surface area contributed by atoms with Crippen molar-refractivity contribution < 1.29 is 76.3 Å². The van der Waals surface area contributed by atoms with Gasteiger partial charge in [-0.3, -0.25) is 24.0 Å². The van der Waals surface area contributed by atoms with Crippen LogP contribution in [0.1, 0.15) is 126 Å². The molecule has 2 saturated carbocycles. The second kappa shape index (κ2) is 29.6. The van der Waals surface area contributed by atoms with Crippen LogP contribution < -0.4 is 22.5 Å². The zero-order valence-electron chi connectivity index (χ0n) is 53.3. The molecule has 3 unspecified atom stereocenters. The Balaban J connectivity index is 0.000000156. The zero-order chi connectivity index (χ0) is 68.6. The van der Waals surface area contributed by atoms with Gasteiger partial charge in [-0.2, -0.15) is 4.31 Å². The van der Waals surface area contributed by atoms with Crippen LogP contribution >= 0.6 is 0 Å². The van der Waals surface area contributed by atoms with Crippen LogP contribution in [-0.4, -0.2) is 149 Å². The number of carbonyl (C=O) groups excluding carboxylic acids is 5. The van der Waals surface area contributed by atoms with Crippen LogP contribution in [0.4, 0.5) is 43.9 Å². The molecule has 95 heavy (non-hydrogen) atoms. The predicted molar refractivity (Wildman–Crippen MR) is 330 cm³/mol. The van der Waals surface area contributed by atoms with E-state index in [9.17, 15) is 76.3 Å². The van der Waals surface area contributed by atoms with E-state index >= 15 is 0 Å². The van der Waals surface area contributed by atoms with E-state index in [4.69, 9.17) is 17.2 Å². The van der Waals surface area contributed by atoms with E-state index in [0.29, 0.717) is 56.7 Å². The highest BCUT2D eigenvalue weighted by atomic mass is 32.2. The standard InChI is InChI=1S/C24H27F4N3O3S.2C22H28F3N3O2/c1-30(35(33,34)19-6-2-16(25)3-7-19)13-24(32)31-17-4-5-18(31)9-15(8-17)23(29)11-14-10-21(27)22(28)12-20(14)26;1-27(22(30)12-2-3-12)11-21(29)28-15-4-5-16(28)7-14(6-15)20(26)9-13-8-18(24)19(25)10-17(13)23;1-11(27-21(29)12-2-3-12)22(30)28-15-4-5-16(28)7-14(6-15)20(26)9-13-8-18(24)19(25)10-17(13)23/h2-3,6-7,10,12,15,17-18,23H,4-5,8-9,11,13,29H2,1H3;8,10,12,14-16,20H,2-7,9,11,26H2,1H3;8,10-12,14-16,20H,2-7,9,26H2,1H3,(H,27,29)/t15?,17-,18+,23-;14?,15-,16+,20-;11-,14?,15-,16+,20+/m110/s1. The van der Waals surface area contributed by atoms with Crippen LogP contribution in [-0.2, 0) is 53.3 Å².